The predicted octanol–water partition coefficient (Wildman–Crippen LogP) is 6.39. The van der Waals surface area contributed by atoms with Gasteiger partial charge >= 0.3 is 0 Å². The molecule has 7 heteroatoms. The fraction of sp³-hybridized carbons (Fsp3) is 0.167. The van der Waals surface area contributed by atoms with Gasteiger partial charge in [0.15, 0.2) is 18.1 Å². The first-order chi connectivity index (χ1) is 14.9. The maximum absolute atomic E-state index is 12.2. The minimum atomic E-state index is -0.300. The summed E-state index contributed by atoms with van der Waals surface area (Å²) in [5.41, 5.74) is 4.18. The molecule has 0 bridgehead atoms. The summed E-state index contributed by atoms with van der Waals surface area (Å²) in [4.78, 5) is 16.7. The number of halogens is 2. The number of carbonyl (C=O) groups is 1. The van der Waals surface area contributed by atoms with Gasteiger partial charge in [-0.15, -0.1) is 0 Å². The SMILES string of the molecule is COc1cc(C=Nc2ccc(C)c(Cl)c2)cc(Cl)c1OCC(=O)Nc1cccc(C)c1. The Hall–Kier alpha value is -3.02. The fourth-order valence-corrected chi connectivity index (χ4v) is 3.27. The van der Waals surface area contributed by atoms with Gasteiger partial charge in [0, 0.05) is 16.9 Å². The first-order valence-corrected chi connectivity index (χ1v) is 10.3. The molecule has 0 radical (unpaired) electrons. The summed E-state index contributed by atoms with van der Waals surface area (Å²) in [5.74, 6) is 0.393. The number of carbonyl (C=O) groups excluding carboxylic acids is 1. The number of benzene rings is 3. The van der Waals surface area contributed by atoms with Crippen LogP contribution in [0, 0.1) is 13.8 Å². The molecule has 3 rings (SSSR count). The van der Waals surface area contributed by atoms with Crippen LogP contribution >= 0.6 is 23.2 Å². The van der Waals surface area contributed by atoms with Gasteiger partial charge in [0.05, 0.1) is 17.8 Å². The molecule has 0 aromatic heterocycles. The van der Waals surface area contributed by atoms with Crippen molar-refractivity contribution >= 4 is 46.7 Å². The third kappa shape index (κ3) is 6.23. The van der Waals surface area contributed by atoms with Crippen molar-refractivity contribution in [1.82, 2.24) is 0 Å². The third-order valence-corrected chi connectivity index (χ3v) is 5.11. The average Bonchev–Trinajstić information content (AvgIpc) is 2.73. The molecule has 0 unspecified atom stereocenters. The topological polar surface area (TPSA) is 59.9 Å². The van der Waals surface area contributed by atoms with E-state index < -0.39 is 0 Å². The van der Waals surface area contributed by atoms with Gasteiger partial charge in [0.1, 0.15) is 0 Å². The molecular weight excluding hydrogens is 435 g/mol. The Morgan fingerprint density at radius 3 is 2.58 bits per heavy atom. The highest BCUT2D eigenvalue weighted by molar-refractivity contribution is 6.32. The minimum Gasteiger partial charge on any atom is -0.493 e. The molecule has 0 fully saturated rings. The average molecular weight is 457 g/mol. The number of nitrogens with zero attached hydrogens (tertiary/aromatic N) is 1. The largest absolute Gasteiger partial charge is 0.493 e. The maximum atomic E-state index is 12.2. The van der Waals surface area contributed by atoms with E-state index >= 15 is 0 Å². The van der Waals surface area contributed by atoms with Gasteiger partial charge in [-0.2, -0.15) is 0 Å². The van der Waals surface area contributed by atoms with Gasteiger partial charge in [-0.05, 0) is 66.9 Å². The molecule has 1 amide bonds. The summed E-state index contributed by atoms with van der Waals surface area (Å²) in [6.07, 6.45) is 1.66. The van der Waals surface area contributed by atoms with E-state index in [1.54, 1.807) is 24.4 Å². The lowest BCUT2D eigenvalue weighted by atomic mass is 10.2. The molecule has 1 N–H and O–H groups in total. The van der Waals surface area contributed by atoms with Gasteiger partial charge in [-0.1, -0.05) is 41.4 Å². The van der Waals surface area contributed by atoms with Crippen LogP contribution in [0.3, 0.4) is 0 Å². The quantitative estimate of drug-likeness (QED) is 0.419. The number of nitrogens with one attached hydrogen (secondary N) is 1. The Labute approximate surface area is 191 Å². The third-order valence-electron chi connectivity index (χ3n) is 4.42. The molecule has 0 heterocycles. The lowest BCUT2D eigenvalue weighted by Gasteiger charge is -2.13. The number of ether oxygens (including phenoxy) is 2. The number of amides is 1. The molecule has 0 spiro atoms. The summed E-state index contributed by atoms with van der Waals surface area (Å²) in [6, 6.07) is 16.5. The Morgan fingerprint density at radius 2 is 1.87 bits per heavy atom. The summed E-state index contributed by atoms with van der Waals surface area (Å²) in [6.45, 7) is 3.68. The maximum Gasteiger partial charge on any atom is 0.262 e. The number of aliphatic imine (C=N–C) groups is 1. The Kier molecular flexibility index (Phi) is 7.55. The van der Waals surface area contributed by atoms with E-state index in [1.807, 2.05) is 50.2 Å². The summed E-state index contributed by atoms with van der Waals surface area (Å²) in [7, 11) is 1.51. The van der Waals surface area contributed by atoms with Crippen molar-refractivity contribution in [3.8, 4) is 11.5 Å². The Bertz CT molecular complexity index is 1130. The van der Waals surface area contributed by atoms with Crippen LogP contribution in [0.4, 0.5) is 11.4 Å². The number of hydrogen-bond acceptors (Lipinski definition) is 4. The van der Waals surface area contributed by atoms with E-state index in [0.717, 1.165) is 22.4 Å². The van der Waals surface area contributed by atoms with E-state index in [-0.39, 0.29) is 12.5 Å². The lowest BCUT2D eigenvalue weighted by molar-refractivity contribution is -0.118. The van der Waals surface area contributed by atoms with Crippen molar-refractivity contribution < 1.29 is 14.3 Å². The van der Waals surface area contributed by atoms with Crippen LogP contribution in [0.15, 0.2) is 59.6 Å². The van der Waals surface area contributed by atoms with Crippen molar-refractivity contribution in [2.24, 2.45) is 4.99 Å². The van der Waals surface area contributed by atoms with Crippen LogP contribution in [-0.2, 0) is 4.79 Å². The number of methoxy groups -OCH3 is 1. The van der Waals surface area contributed by atoms with E-state index in [4.69, 9.17) is 32.7 Å². The summed E-state index contributed by atoms with van der Waals surface area (Å²) < 4.78 is 11.0. The van der Waals surface area contributed by atoms with Crippen LogP contribution in [0.5, 0.6) is 11.5 Å². The molecular formula is C24H22Cl2N2O3. The second kappa shape index (κ2) is 10.3. The minimum absolute atomic E-state index is 0.209. The number of hydrogen-bond donors (Lipinski definition) is 1. The van der Waals surface area contributed by atoms with E-state index in [1.165, 1.54) is 7.11 Å². The Balaban J connectivity index is 1.70. The van der Waals surface area contributed by atoms with Gasteiger partial charge in [-0.25, -0.2) is 0 Å². The highest BCUT2D eigenvalue weighted by atomic mass is 35.5. The zero-order valence-corrected chi connectivity index (χ0v) is 18.9. The zero-order valence-electron chi connectivity index (χ0n) is 17.4. The molecule has 0 saturated carbocycles. The second-order valence-electron chi connectivity index (χ2n) is 6.93. The van der Waals surface area contributed by atoms with Crippen LogP contribution < -0.4 is 14.8 Å². The number of aryl methyl sites for hydroxylation is 2. The van der Waals surface area contributed by atoms with Crippen molar-refractivity contribution in [3.63, 3.8) is 0 Å². The second-order valence-corrected chi connectivity index (χ2v) is 7.75. The number of anilines is 1. The standard InChI is InChI=1S/C24H22Cl2N2O3/c1-15-5-4-6-19(9-15)28-23(29)14-31-24-21(26)10-17(11-22(24)30-3)13-27-18-8-7-16(2)20(25)12-18/h4-13H,14H2,1-3H3,(H,28,29). The fourth-order valence-electron chi connectivity index (χ4n) is 2.82. The molecule has 0 aliphatic heterocycles. The normalized spacial score (nSPS) is 10.9. The molecule has 3 aromatic carbocycles. The van der Waals surface area contributed by atoms with E-state index in [2.05, 4.69) is 10.3 Å². The van der Waals surface area contributed by atoms with Crippen LogP contribution in [0.25, 0.3) is 0 Å². The smallest absolute Gasteiger partial charge is 0.262 e. The molecule has 0 saturated heterocycles. The number of rotatable bonds is 7. The molecule has 31 heavy (non-hydrogen) atoms. The lowest BCUT2D eigenvalue weighted by Crippen LogP contribution is -2.20. The predicted molar refractivity (Wildman–Crippen MR) is 127 cm³/mol. The van der Waals surface area contributed by atoms with Gasteiger partial charge in [0.25, 0.3) is 5.91 Å². The van der Waals surface area contributed by atoms with Crippen molar-refractivity contribution in [1.29, 1.82) is 0 Å². The van der Waals surface area contributed by atoms with Crippen LogP contribution in [0.2, 0.25) is 10.0 Å². The van der Waals surface area contributed by atoms with E-state index in [9.17, 15) is 4.79 Å². The molecule has 0 atom stereocenters. The summed E-state index contributed by atoms with van der Waals surface area (Å²) >= 11 is 12.5. The molecule has 5 nitrogen and oxygen atoms in total. The van der Waals surface area contributed by atoms with Crippen LogP contribution in [-0.4, -0.2) is 25.8 Å². The Morgan fingerprint density at radius 1 is 1.06 bits per heavy atom. The molecule has 3 aromatic rings. The van der Waals surface area contributed by atoms with Crippen molar-refractivity contribution in [2.45, 2.75) is 13.8 Å². The molecule has 0 aliphatic rings. The first kappa shape index (κ1) is 22.7. The molecule has 160 valence electrons. The highest BCUT2D eigenvalue weighted by Crippen LogP contribution is 2.36. The highest BCUT2D eigenvalue weighted by Gasteiger charge is 2.14. The van der Waals surface area contributed by atoms with Crippen LogP contribution in [0.1, 0.15) is 16.7 Å². The van der Waals surface area contributed by atoms with Gasteiger partial charge < -0.3 is 14.8 Å². The summed E-state index contributed by atoms with van der Waals surface area (Å²) in [5, 5.41) is 3.75. The van der Waals surface area contributed by atoms with Gasteiger partial charge in [0.2, 0.25) is 0 Å². The van der Waals surface area contributed by atoms with E-state index in [0.29, 0.717) is 27.2 Å². The van der Waals surface area contributed by atoms with Gasteiger partial charge in [-0.3, -0.25) is 9.79 Å². The van der Waals surface area contributed by atoms with Crippen molar-refractivity contribution in [3.05, 3.63) is 81.3 Å². The monoisotopic (exact) mass is 456 g/mol. The molecule has 0 aliphatic carbocycles. The zero-order chi connectivity index (χ0) is 22.4. The first-order valence-electron chi connectivity index (χ1n) is 9.53. The van der Waals surface area contributed by atoms with Crippen molar-refractivity contribution in [2.75, 3.05) is 19.0 Å².